The molecule has 1 N–H and O–H groups in total. The average molecular weight is 441 g/mol. The SMILES string of the molecule is O=C(Nc1ccc(Br)cc1)[C@H]1CCCN(S(=O)(=O)c2ccc(F)cc2)C1. The average Bonchev–Trinajstić information content (AvgIpc) is 2.64. The Bertz CT molecular complexity index is 886. The maximum absolute atomic E-state index is 13.1. The Morgan fingerprint density at radius 2 is 1.77 bits per heavy atom. The lowest BCUT2D eigenvalue weighted by atomic mass is 9.99. The van der Waals surface area contributed by atoms with E-state index in [1.165, 1.54) is 16.4 Å². The fourth-order valence-corrected chi connectivity index (χ4v) is 4.70. The van der Waals surface area contributed by atoms with E-state index in [1.54, 1.807) is 12.1 Å². The zero-order valence-electron chi connectivity index (χ0n) is 13.9. The third-order valence-electron chi connectivity index (χ3n) is 4.32. The number of benzene rings is 2. The van der Waals surface area contributed by atoms with Crippen molar-refractivity contribution < 1.29 is 17.6 Å². The van der Waals surface area contributed by atoms with Gasteiger partial charge in [0.05, 0.1) is 10.8 Å². The molecular weight excluding hydrogens is 423 g/mol. The van der Waals surface area contributed by atoms with Gasteiger partial charge in [0, 0.05) is 23.2 Å². The van der Waals surface area contributed by atoms with E-state index in [0.717, 1.165) is 16.6 Å². The number of rotatable bonds is 4. The Hall–Kier alpha value is -1.77. The van der Waals surface area contributed by atoms with Crippen LogP contribution >= 0.6 is 15.9 Å². The van der Waals surface area contributed by atoms with Crippen molar-refractivity contribution in [1.82, 2.24) is 4.31 Å². The minimum atomic E-state index is -3.74. The summed E-state index contributed by atoms with van der Waals surface area (Å²) in [5, 5.41) is 2.83. The van der Waals surface area contributed by atoms with E-state index >= 15 is 0 Å². The third kappa shape index (κ3) is 4.31. The number of hydrogen-bond donors (Lipinski definition) is 1. The lowest BCUT2D eigenvalue weighted by molar-refractivity contribution is -0.120. The number of piperidine rings is 1. The number of nitrogens with zero attached hydrogens (tertiary/aromatic N) is 1. The molecule has 1 atom stereocenters. The number of sulfonamides is 1. The number of amides is 1. The molecule has 0 saturated carbocycles. The summed E-state index contributed by atoms with van der Waals surface area (Å²) in [6, 6.07) is 11.9. The molecule has 1 heterocycles. The van der Waals surface area contributed by atoms with Crippen molar-refractivity contribution >= 4 is 37.5 Å². The molecule has 1 aliphatic heterocycles. The minimum absolute atomic E-state index is 0.0351. The Morgan fingerprint density at radius 3 is 2.42 bits per heavy atom. The zero-order chi connectivity index (χ0) is 18.7. The highest BCUT2D eigenvalue weighted by Gasteiger charge is 2.33. The monoisotopic (exact) mass is 440 g/mol. The summed E-state index contributed by atoms with van der Waals surface area (Å²) in [7, 11) is -3.74. The lowest BCUT2D eigenvalue weighted by Gasteiger charge is -2.31. The topological polar surface area (TPSA) is 66.5 Å². The first-order valence-electron chi connectivity index (χ1n) is 8.18. The largest absolute Gasteiger partial charge is 0.326 e. The van der Waals surface area contributed by atoms with Crippen molar-refractivity contribution in [3.05, 3.63) is 58.8 Å². The van der Waals surface area contributed by atoms with Crippen molar-refractivity contribution in [2.75, 3.05) is 18.4 Å². The number of halogens is 2. The normalized spacial score (nSPS) is 18.5. The lowest BCUT2D eigenvalue weighted by Crippen LogP contribution is -2.43. The van der Waals surface area contributed by atoms with Gasteiger partial charge in [0.25, 0.3) is 0 Å². The standard InChI is InChI=1S/C18H18BrFN2O3S/c19-14-3-7-16(8-4-14)21-18(23)13-2-1-11-22(12-13)26(24,25)17-9-5-15(20)6-10-17/h3-10,13H,1-2,11-12H2,(H,21,23)/t13-/m0/s1. The van der Waals surface area contributed by atoms with Crippen molar-refractivity contribution in [3.63, 3.8) is 0 Å². The van der Waals surface area contributed by atoms with Gasteiger partial charge in [-0.05, 0) is 61.4 Å². The third-order valence-corrected chi connectivity index (χ3v) is 6.73. The molecule has 1 amide bonds. The molecule has 0 aromatic heterocycles. The van der Waals surface area contributed by atoms with Crippen LogP contribution in [0.3, 0.4) is 0 Å². The summed E-state index contributed by atoms with van der Waals surface area (Å²) >= 11 is 3.34. The Morgan fingerprint density at radius 1 is 1.12 bits per heavy atom. The molecule has 0 unspecified atom stereocenters. The summed E-state index contributed by atoms with van der Waals surface area (Å²) in [4.78, 5) is 12.5. The van der Waals surface area contributed by atoms with E-state index in [9.17, 15) is 17.6 Å². The van der Waals surface area contributed by atoms with Crippen molar-refractivity contribution in [1.29, 1.82) is 0 Å². The number of carbonyl (C=O) groups excluding carboxylic acids is 1. The van der Waals surface area contributed by atoms with Gasteiger partial charge < -0.3 is 5.32 Å². The smallest absolute Gasteiger partial charge is 0.243 e. The second-order valence-electron chi connectivity index (χ2n) is 6.15. The summed E-state index contributed by atoms with van der Waals surface area (Å²) in [6.45, 7) is 0.462. The van der Waals surface area contributed by atoms with E-state index in [0.29, 0.717) is 25.1 Å². The van der Waals surface area contributed by atoms with E-state index in [1.807, 2.05) is 12.1 Å². The maximum atomic E-state index is 13.1. The van der Waals surface area contributed by atoms with Crippen LogP contribution in [-0.4, -0.2) is 31.7 Å². The van der Waals surface area contributed by atoms with Gasteiger partial charge in [0.2, 0.25) is 15.9 Å². The zero-order valence-corrected chi connectivity index (χ0v) is 16.3. The molecule has 3 rings (SSSR count). The fraction of sp³-hybridized carbons (Fsp3) is 0.278. The van der Waals surface area contributed by atoms with E-state index in [2.05, 4.69) is 21.2 Å². The van der Waals surface area contributed by atoms with Gasteiger partial charge >= 0.3 is 0 Å². The molecule has 2 aromatic rings. The second-order valence-corrected chi connectivity index (χ2v) is 9.01. The molecule has 0 spiro atoms. The highest BCUT2D eigenvalue weighted by atomic mass is 79.9. The minimum Gasteiger partial charge on any atom is -0.326 e. The molecule has 1 saturated heterocycles. The van der Waals surface area contributed by atoms with Crippen LogP contribution in [0.4, 0.5) is 10.1 Å². The van der Waals surface area contributed by atoms with Gasteiger partial charge in [0.15, 0.2) is 0 Å². The molecule has 26 heavy (non-hydrogen) atoms. The molecule has 1 aliphatic rings. The molecule has 2 aromatic carbocycles. The Labute approximate surface area is 160 Å². The summed E-state index contributed by atoms with van der Waals surface area (Å²) < 4.78 is 40.7. The van der Waals surface area contributed by atoms with Crippen LogP contribution in [0.5, 0.6) is 0 Å². The molecule has 0 aliphatic carbocycles. The van der Waals surface area contributed by atoms with Gasteiger partial charge in [-0.25, -0.2) is 12.8 Å². The highest BCUT2D eigenvalue weighted by Crippen LogP contribution is 2.25. The van der Waals surface area contributed by atoms with Gasteiger partial charge in [-0.15, -0.1) is 0 Å². The summed E-state index contributed by atoms with van der Waals surface area (Å²) in [6.07, 6.45) is 1.22. The molecule has 8 heteroatoms. The molecule has 0 radical (unpaired) electrons. The second kappa shape index (κ2) is 7.85. The van der Waals surface area contributed by atoms with Crippen LogP contribution in [0.1, 0.15) is 12.8 Å². The van der Waals surface area contributed by atoms with Gasteiger partial charge in [-0.2, -0.15) is 4.31 Å². The number of anilines is 1. The molecule has 138 valence electrons. The van der Waals surface area contributed by atoms with E-state index in [-0.39, 0.29) is 17.3 Å². The molecular formula is C18H18BrFN2O3S. The van der Waals surface area contributed by atoms with E-state index in [4.69, 9.17) is 0 Å². The number of hydrogen-bond acceptors (Lipinski definition) is 3. The van der Waals surface area contributed by atoms with Crippen LogP contribution < -0.4 is 5.32 Å². The molecule has 0 bridgehead atoms. The predicted molar refractivity (Wildman–Crippen MR) is 101 cm³/mol. The van der Waals surface area contributed by atoms with E-state index < -0.39 is 21.8 Å². The van der Waals surface area contributed by atoms with Crippen LogP contribution in [-0.2, 0) is 14.8 Å². The first kappa shape index (κ1) is 19.0. The Kier molecular flexibility index (Phi) is 5.74. The first-order chi connectivity index (χ1) is 12.4. The number of carbonyl (C=O) groups is 1. The molecule has 1 fully saturated rings. The van der Waals surface area contributed by atoms with Crippen LogP contribution in [0.2, 0.25) is 0 Å². The highest BCUT2D eigenvalue weighted by molar-refractivity contribution is 9.10. The summed E-state index contributed by atoms with van der Waals surface area (Å²) in [5.41, 5.74) is 0.664. The maximum Gasteiger partial charge on any atom is 0.243 e. The first-order valence-corrected chi connectivity index (χ1v) is 10.4. The quantitative estimate of drug-likeness (QED) is 0.788. The number of nitrogens with one attached hydrogen (secondary N) is 1. The molecule has 5 nitrogen and oxygen atoms in total. The van der Waals surface area contributed by atoms with Crippen LogP contribution in [0.25, 0.3) is 0 Å². The van der Waals surface area contributed by atoms with Crippen molar-refractivity contribution in [3.8, 4) is 0 Å². The van der Waals surface area contributed by atoms with Gasteiger partial charge in [-0.3, -0.25) is 4.79 Å². The van der Waals surface area contributed by atoms with Crippen molar-refractivity contribution in [2.45, 2.75) is 17.7 Å². The summed E-state index contributed by atoms with van der Waals surface area (Å²) in [5.74, 6) is -1.12. The van der Waals surface area contributed by atoms with Gasteiger partial charge in [-0.1, -0.05) is 15.9 Å². The van der Waals surface area contributed by atoms with Crippen LogP contribution in [0.15, 0.2) is 57.9 Å². The van der Waals surface area contributed by atoms with Crippen molar-refractivity contribution in [2.24, 2.45) is 5.92 Å². The van der Waals surface area contributed by atoms with Crippen LogP contribution in [0, 0.1) is 11.7 Å². The fourth-order valence-electron chi connectivity index (χ4n) is 2.91. The Balaban J connectivity index is 1.71. The van der Waals surface area contributed by atoms with Gasteiger partial charge in [0.1, 0.15) is 5.82 Å². The predicted octanol–water partition coefficient (Wildman–Crippen LogP) is 3.63.